The zero-order valence-electron chi connectivity index (χ0n) is 14.3. The first kappa shape index (κ1) is 17.9. The van der Waals surface area contributed by atoms with Crippen molar-refractivity contribution in [1.82, 2.24) is 0 Å². The lowest BCUT2D eigenvalue weighted by Gasteiger charge is -2.06. The third-order valence-electron chi connectivity index (χ3n) is 4.64. The summed E-state index contributed by atoms with van der Waals surface area (Å²) in [5, 5.41) is 2.00. The first-order chi connectivity index (χ1) is 13.2. The molecule has 5 heteroatoms. The second-order valence-electron chi connectivity index (χ2n) is 6.35. The Bertz CT molecular complexity index is 1050. The molecule has 1 aliphatic rings. The van der Waals surface area contributed by atoms with E-state index in [-0.39, 0.29) is 0 Å². The van der Waals surface area contributed by atoms with E-state index in [0.29, 0.717) is 5.56 Å². The minimum absolute atomic E-state index is 0.405. The Hall–Kier alpha value is -2.46. The van der Waals surface area contributed by atoms with E-state index in [4.69, 9.17) is 0 Å². The van der Waals surface area contributed by atoms with Crippen molar-refractivity contribution in [2.45, 2.75) is 19.3 Å². The van der Waals surface area contributed by atoms with Gasteiger partial charge < -0.3 is 0 Å². The molecule has 0 atom stereocenters. The average molecular weight is 395 g/mol. The number of halogens is 2. The molecule has 0 amide bonds. The van der Waals surface area contributed by atoms with E-state index >= 15 is 0 Å². The van der Waals surface area contributed by atoms with Gasteiger partial charge in [0.05, 0.1) is 5.16 Å². The third-order valence-corrected chi connectivity index (χ3v) is 5.94. The van der Waals surface area contributed by atoms with E-state index in [1.807, 2.05) is 29.4 Å². The molecule has 1 aliphatic carbocycles. The van der Waals surface area contributed by atoms with Crippen molar-refractivity contribution in [3.05, 3.63) is 71.1 Å². The number of nitrogens with zero attached hydrogens (tertiary/aromatic N) is 1. The molecule has 1 heterocycles. The highest BCUT2D eigenvalue weighted by Gasteiger charge is 2.13. The summed E-state index contributed by atoms with van der Waals surface area (Å²) in [6.07, 6.45) is 5.87. The van der Waals surface area contributed by atoms with E-state index in [9.17, 15) is 8.78 Å². The fourth-order valence-electron chi connectivity index (χ4n) is 3.27. The van der Waals surface area contributed by atoms with Crippen molar-refractivity contribution in [1.29, 1.82) is 0 Å². The molecule has 0 N–H and O–H groups in total. The maximum absolute atomic E-state index is 14.1. The molecule has 1 nitrogen and oxygen atoms in total. The molecule has 27 heavy (non-hydrogen) atoms. The van der Waals surface area contributed by atoms with Crippen molar-refractivity contribution in [2.75, 3.05) is 0 Å². The third kappa shape index (κ3) is 3.67. The van der Waals surface area contributed by atoms with Gasteiger partial charge in [0.1, 0.15) is 5.69 Å². The van der Waals surface area contributed by atoms with Crippen LogP contribution in [-0.2, 0) is 0 Å². The van der Waals surface area contributed by atoms with Crippen molar-refractivity contribution in [3.8, 4) is 21.6 Å². The van der Waals surface area contributed by atoms with Crippen LogP contribution in [0.3, 0.4) is 0 Å². The summed E-state index contributed by atoms with van der Waals surface area (Å²) in [5.41, 5.74) is 3.33. The van der Waals surface area contributed by atoms with E-state index < -0.39 is 17.3 Å². The lowest BCUT2D eigenvalue weighted by Crippen LogP contribution is -1.87. The second kappa shape index (κ2) is 7.65. The van der Waals surface area contributed by atoms with E-state index in [0.717, 1.165) is 17.5 Å². The molecule has 0 bridgehead atoms. The van der Waals surface area contributed by atoms with Gasteiger partial charge in [0.25, 0.3) is 0 Å². The molecule has 0 aliphatic heterocycles. The van der Waals surface area contributed by atoms with Gasteiger partial charge in [0, 0.05) is 9.75 Å². The van der Waals surface area contributed by atoms with Crippen LogP contribution in [0.15, 0.2) is 59.6 Å². The lowest BCUT2D eigenvalue weighted by atomic mass is 10.0. The number of hydrogen-bond donors (Lipinski definition) is 0. The topological polar surface area (TPSA) is 12.4 Å². The first-order valence-corrected chi connectivity index (χ1v) is 9.85. The Morgan fingerprint density at radius 3 is 2.19 bits per heavy atom. The number of thiophene rings is 1. The Morgan fingerprint density at radius 2 is 1.56 bits per heavy atom. The maximum atomic E-state index is 14.1. The molecule has 0 fully saturated rings. The SMILES string of the molecule is Fc1cc(-c2ccc(-c3ccc(C4=CCCC4)s3)cc2)cc(F)c1N=C=S. The number of isothiocyanates is 1. The number of rotatable bonds is 4. The van der Waals surface area contributed by atoms with Crippen molar-refractivity contribution in [3.63, 3.8) is 0 Å². The first-order valence-electron chi connectivity index (χ1n) is 8.62. The van der Waals surface area contributed by atoms with Gasteiger partial charge in [-0.1, -0.05) is 30.3 Å². The minimum atomic E-state index is -0.751. The number of aliphatic imine (C=N–C) groups is 1. The monoisotopic (exact) mass is 395 g/mol. The summed E-state index contributed by atoms with van der Waals surface area (Å²) in [6.45, 7) is 0. The molecule has 0 saturated carbocycles. The Balaban J connectivity index is 1.62. The van der Waals surface area contributed by atoms with E-state index in [1.165, 1.54) is 40.3 Å². The van der Waals surface area contributed by atoms with Gasteiger partial charge in [0.15, 0.2) is 11.6 Å². The predicted molar refractivity (Wildman–Crippen MR) is 112 cm³/mol. The van der Waals surface area contributed by atoms with Crippen LogP contribution in [0.5, 0.6) is 0 Å². The fourth-order valence-corrected chi connectivity index (χ4v) is 4.44. The van der Waals surface area contributed by atoms with Crippen molar-refractivity contribution < 1.29 is 8.78 Å². The molecule has 1 aromatic heterocycles. The largest absolute Gasteiger partial charge is 0.204 e. The molecule has 3 aromatic rings. The minimum Gasteiger partial charge on any atom is -0.204 e. The van der Waals surface area contributed by atoms with Gasteiger partial charge in [-0.3, -0.25) is 0 Å². The smallest absolute Gasteiger partial charge is 0.153 e. The molecule has 2 aromatic carbocycles. The standard InChI is InChI=1S/C22H15F2NS2/c23-18-11-17(12-19(24)22(18)25-13-26)14-5-7-16(8-6-14)21-10-9-20(27-21)15-3-1-2-4-15/h3,5-12H,1-2,4H2. The van der Waals surface area contributed by atoms with Crippen LogP contribution in [0, 0.1) is 11.6 Å². The molecule has 4 rings (SSSR count). The zero-order chi connectivity index (χ0) is 18.8. The lowest BCUT2D eigenvalue weighted by molar-refractivity contribution is 0.588. The summed E-state index contributed by atoms with van der Waals surface area (Å²) in [6, 6.07) is 14.5. The van der Waals surface area contributed by atoms with Crippen LogP contribution in [-0.4, -0.2) is 5.16 Å². The van der Waals surface area contributed by atoms with Crippen LogP contribution in [0.1, 0.15) is 24.1 Å². The Morgan fingerprint density at radius 1 is 0.889 bits per heavy atom. The summed E-state index contributed by atoms with van der Waals surface area (Å²) in [7, 11) is 0. The second-order valence-corrected chi connectivity index (χ2v) is 7.62. The molecule has 134 valence electrons. The van der Waals surface area contributed by atoms with Crippen LogP contribution in [0.2, 0.25) is 0 Å². The molecule has 0 unspecified atom stereocenters. The highest BCUT2D eigenvalue weighted by atomic mass is 32.1. The van der Waals surface area contributed by atoms with Gasteiger partial charge >= 0.3 is 0 Å². The molecular weight excluding hydrogens is 380 g/mol. The van der Waals surface area contributed by atoms with Crippen molar-refractivity contribution in [2.24, 2.45) is 4.99 Å². The van der Waals surface area contributed by atoms with Crippen molar-refractivity contribution >= 4 is 40.0 Å². The van der Waals surface area contributed by atoms with Crippen LogP contribution < -0.4 is 0 Å². The quantitative estimate of drug-likeness (QED) is 0.326. The summed E-state index contributed by atoms with van der Waals surface area (Å²) >= 11 is 6.20. The van der Waals surface area contributed by atoms with Crippen LogP contribution in [0.25, 0.3) is 27.1 Å². The molecular formula is C22H15F2NS2. The molecule has 0 saturated heterocycles. The predicted octanol–water partition coefficient (Wildman–Crippen LogP) is 7.66. The van der Waals surface area contributed by atoms with Gasteiger partial charge in [-0.25, -0.2) is 8.78 Å². The van der Waals surface area contributed by atoms with Gasteiger partial charge in [0.2, 0.25) is 0 Å². The van der Waals surface area contributed by atoms with Gasteiger partial charge in [-0.15, -0.1) is 11.3 Å². The molecule has 0 spiro atoms. The number of thiocarbonyl (C=S) groups is 1. The summed E-state index contributed by atoms with van der Waals surface area (Å²) in [5.74, 6) is -1.50. The zero-order valence-corrected chi connectivity index (χ0v) is 16.0. The van der Waals surface area contributed by atoms with Crippen LogP contribution in [0.4, 0.5) is 14.5 Å². The number of allylic oxidation sites excluding steroid dienone is 2. The van der Waals surface area contributed by atoms with E-state index in [1.54, 1.807) is 11.3 Å². The summed E-state index contributed by atoms with van der Waals surface area (Å²) in [4.78, 5) is 5.95. The number of hydrogen-bond acceptors (Lipinski definition) is 3. The Labute approximate surface area is 165 Å². The molecule has 0 radical (unpaired) electrons. The Kier molecular flexibility index (Phi) is 5.08. The normalized spacial score (nSPS) is 13.3. The maximum Gasteiger partial charge on any atom is 0.153 e. The fraction of sp³-hybridized carbons (Fsp3) is 0.136. The van der Waals surface area contributed by atoms with Gasteiger partial charge in [-0.2, -0.15) is 4.99 Å². The highest BCUT2D eigenvalue weighted by molar-refractivity contribution is 7.78. The highest BCUT2D eigenvalue weighted by Crippen LogP contribution is 2.37. The summed E-state index contributed by atoms with van der Waals surface area (Å²) < 4.78 is 28.1. The average Bonchev–Trinajstić information content (AvgIpc) is 3.36. The van der Waals surface area contributed by atoms with Gasteiger partial charge in [-0.05, 0) is 78.0 Å². The van der Waals surface area contributed by atoms with Crippen LogP contribution >= 0.6 is 23.6 Å². The van der Waals surface area contributed by atoms with E-state index in [2.05, 4.69) is 35.4 Å². The number of benzene rings is 2.